The Morgan fingerprint density at radius 1 is 1.24 bits per heavy atom. The van der Waals surface area contributed by atoms with Crippen LogP contribution in [0.3, 0.4) is 0 Å². The Morgan fingerprint density at radius 3 is 3.24 bits per heavy atom. The maximum absolute atomic E-state index is 4.39. The van der Waals surface area contributed by atoms with Gasteiger partial charge in [0.25, 0.3) is 0 Å². The zero-order valence-electron chi connectivity index (χ0n) is 9.71. The van der Waals surface area contributed by atoms with Crippen molar-refractivity contribution in [1.82, 2.24) is 19.9 Å². The Balaban J connectivity index is 1.79. The van der Waals surface area contributed by atoms with E-state index >= 15 is 0 Å². The molecule has 4 heteroatoms. The van der Waals surface area contributed by atoms with Crippen LogP contribution in [0.5, 0.6) is 0 Å². The van der Waals surface area contributed by atoms with Crippen LogP contribution in [0.2, 0.25) is 0 Å². The van der Waals surface area contributed by atoms with Crippen LogP contribution in [0.15, 0.2) is 24.4 Å². The quantitative estimate of drug-likeness (QED) is 0.809. The summed E-state index contributed by atoms with van der Waals surface area (Å²) in [6, 6.07) is 6.46. The van der Waals surface area contributed by atoms with Crippen LogP contribution >= 0.6 is 0 Å². The maximum Gasteiger partial charge on any atom is 0.160 e. The number of nitrogens with zero attached hydrogens (tertiary/aromatic N) is 3. The van der Waals surface area contributed by atoms with Crippen molar-refractivity contribution in [2.45, 2.75) is 25.3 Å². The Hall–Kier alpha value is -1.42. The van der Waals surface area contributed by atoms with Gasteiger partial charge in [-0.2, -0.15) is 0 Å². The molecule has 2 fully saturated rings. The molecular weight excluding hydrogens is 212 g/mol. The fourth-order valence-electron chi connectivity index (χ4n) is 3.54. The van der Waals surface area contributed by atoms with Gasteiger partial charge in [0.2, 0.25) is 0 Å². The van der Waals surface area contributed by atoms with E-state index in [0.29, 0.717) is 6.04 Å². The zero-order chi connectivity index (χ0) is 11.2. The minimum atomic E-state index is 0.403. The molecule has 1 aliphatic heterocycles. The molecule has 88 valence electrons. The molecule has 3 atom stereocenters. The molecule has 1 aliphatic carbocycles. The molecule has 17 heavy (non-hydrogen) atoms. The fraction of sp³-hybridized carbons (Fsp3) is 0.538. The van der Waals surface area contributed by atoms with Gasteiger partial charge in [-0.3, -0.25) is 4.40 Å². The molecule has 1 saturated heterocycles. The number of rotatable bonds is 1. The van der Waals surface area contributed by atoms with Crippen molar-refractivity contribution < 1.29 is 0 Å². The molecule has 2 aromatic rings. The van der Waals surface area contributed by atoms with E-state index in [1.54, 1.807) is 0 Å². The van der Waals surface area contributed by atoms with Gasteiger partial charge < -0.3 is 5.32 Å². The van der Waals surface area contributed by atoms with Gasteiger partial charge in [0.05, 0.1) is 6.04 Å². The molecule has 1 saturated carbocycles. The molecule has 4 nitrogen and oxygen atoms in total. The molecule has 3 unspecified atom stereocenters. The second kappa shape index (κ2) is 3.53. The molecule has 1 N–H and O–H groups in total. The predicted molar refractivity (Wildman–Crippen MR) is 64.6 cm³/mol. The monoisotopic (exact) mass is 228 g/mol. The summed E-state index contributed by atoms with van der Waals surface area (Å²) in [6.07, 6.45) is 6.16. The van der Waals surface area contributed by atoms with Crippen molar-refractivity contribution >= 4 is 5.65 Å². The van der Waals surface area contributed by atoms with Crippen molar-refractivity contribution in [2.75, 3.05) is 6.54 Å². The minimum absolute atomic E-state index is 0.403. The Morgan fingerprint density at radius 2 is 2.24 bits per heavy atom. The highest BCUT2D eigenvalue weighted by Gasteiger charge is 2.41. The summed E-state index contributed by atoms with van der Waals surface area (Å²) in [5.41, 5.74) is 0.950. The van der Waals surface area contributed by atoms with Gasteiger partial charge in [-0.15, -0.1) is 10.2 Å². The maximum atomic E-state index is 4.39. The van der Waals surface area contributed by atoms with Crippen LogP contribution < -0.4 is 5.32 Å². The standard InChI is InChI=1S/C13H16N4/c1-2-7-17-11(6-1)15-16-13(17)12-10-5-3-4-9(10)8-14-12/h1-2,6-7,9-10,12,14H,3-5,8H2. The summed E-state index contributed by atoms with van der Waals surface area (Å²) < 4.78 is 2.12. The van der Waals surface area contributed by atoms with Gasteiger partial charge in [0.15, 0.2) is 11.5 Å². The first-order valence-corrected chi connectivity index (χ1v) is 6.46. The lowest BCUT2D eigenvalue weighted by atomic mass is 9.94. The summed E-state index contributed by atoms with van der Waals surface area (Å²) in [5, 5.41) is 12.3. The lowest BCUT2D eigenvalue weighted by Gasteiger charge is -2.16. The molecule has 0 radical (unpaired) electrons. The van der Waals surface area contributed by atoms with E-state index in [-0.39, 0.29) is 0 Å². The van der Waals surface area contributed by atoms with E-state index in [4.69, 9.17) is 0 Å². The molecule has 0 amide bonds. The average Bonchev–Trinajstić information content (AvgIpc) is 3.02. The van der Waals surface area contributed by atoms with Crippen LogP contribution in [-0.4, -0.2) is 21.1 Å². The number of hydrogen-bond acceptors (Lipinski definition) is 3. The highest BCUT2D eigenvalue weighted by Crippen LogP contribution is 2.43. The first-order chi connectivity index (χ1) is 8.43. The molecule has 2 aromatic heterocycles. The Bertz CT molecular complexity index is 547. The summed E-state index contributed by atoms with van der Waals surface area (Å²) in [4.78, 5) is 0. The Kier molecular flexibility index (Phi) is 1.99. The molecular formula is C13H16N4. The average molecular weight is 228 g/mol. The zero-order valence-corrected chi connectivity index (χ0v) is 9.71. The van der Waals surface area contributed by atoms with Crippen LogP contribution in [0.25, 0.3) is 5.65 Å². The predicted octanol–water partition coefficient (Wildman–Crippen LogP) is 1.79. The Labute approximate surface area is 100 Å². The van der Waals surface area contributed by atoms with Crippen molar-refractivity contribution in [1.29, 1.82) is 0 Å². The normalized spacial score (nSPS) is 32.1. The van der Waals surface area contributed by atoms with Gasteiger partial charge in [0.1, 0.15) is 0 Å². The third kappa shape index (κ3) is 1.33. The second-order valence-corrected chi connectivity index (χ2v) is 5.23. The van der Waals surface area contributed by atoms with Gasteiger partial charge >= 0.3 is 0 Å². The highest BCUT2D eigenvalue weighted by atomic mass is 15.3. The molecule has 0 aromatic carbocycles. The number of aromatic nitrogens is 3. The van der Waals surface area contributed by atoms with Crippen LogP contribution in [0.1, 0.15) is 31.1 Å². The van der Waals surface area contributed by atoms with E-state index in [0.717, 1.165) is 29.9 Å². The van der Waals surface area contributed by atoms with Gasteiger partial charge in [-0.25, -0.2) is 0 Å². The first-order valence-electron chi connectivity index (χ1n) is 6.46. The minimum Gasteiger partial charge on any atom is -0.307 e. The van der Waals surface area contributed by atoms with E-state index in [9.17, 15) is 0 Å². The van der Waals surface area contributed by atoms with Crippen molar-refractivity contribution in [3.63, 3.8) is 0 Å². The number of hydrogen-bond donors (Lipinski definition) is 1. The second-order valence-electron chi connectivity index (χ2n) is 5.23. The third-order valence-electron chi connectivity index (χ3n) is 4.36. The van der Waals surface area contributed by atoms with E-state index < -0.39 is 0 Å². The van der Waals surface area contributed by atoms with E-state index in [1.807, 2.05) is 18.2 Å². The summed E-state index contributed by atoms with van der Waals surface area (Å²) in [6.45, 7) is 1.15. The smallest absolute Gasteiger partial charge is 0.160 e. The molecule has 2 aliphatic rings. The van der Waals surface area contributed by atoms with Crippen LogP contribution in [0, 0.1) is 11.8 Å². The number of nitrogens with one attached hydrogen (secondary N) is 1. The van der Waals surface area contributed by atoms with Gasteiger partial charge in [-0.1, -0.05) is 12.5 Å². The summed E-state index contributed by atoms with van der Waals surface area (Å²) >= 11 is 0. The lowest BCUT2D eigenvalue weighted by Crippen LogP contribution is -2.20. The summed E-state index contributed by atoms with van der Waals surface area (Å²) in [7, 11) is 0. The molecule has 4 rings (SSSR count). The van der Waals surface area contributed by atoms with Crippen molar-refractivity contribution in [3.05, 3.63) is 30.2 Å². The molecule has 0 bridgehead atoms. The fourth-order valence-corrected chi connectivity index (χ4v) is 3.54. The largest absolute Gasteiger partial charge is 0.307 e. The highest BCUT2D eigenvalue weighted by molar-refractivity contribution is 5.37. The lowest BCUT2D eigenvalue weighted by molar-refractivity contribution is 0.405. The van der Waals surface area contributed by atoms with Crippen LogP contribution in [0.4, 0.5) is 0 Å². The molecule has 0 spiro atoms. The first kappa shape index (κ1) is 9.59. The summed E-state index contributed by atoms with van der Waals surface area (Å²) in [5.74, 6) is 2.72. The van der Waals surface area contributed by atoms with Crippen molar-refractivity contribution in [3.8, 4) is 0 Å². The van der Waals surface area contributed by atoms with Gasteiger partial charge in [0, 0.05) is 6.20 Å². The SMILES string of the molecule is c1ccn2c(C3NCC4CCCC43)nnc2c1. The van der Waals surface area contributed by atoms with E-state index in [2.05, 4.69) is 26.1 Å². The topological polar surface area (TPSA) is 42.2 Å². The van der Waals surface area contributed by atoms with Crippen molar-refractivity contribution in [2.24, 2.45) is 11.8 Å². The number of pyridine rings is 1. The van der Waals surface area contributed by atoms with Gasteiger partial charge in [-0.05, 0) is 43.4 Å². The van der Waals surface area contributed by atoms with E-state index in [1.165, 1.54) is 19.3 Å². The third-order valence-corrected chi connectivity index (χ3v) is 4.36. The molecule has 3 heterocycles. The number of fused-ring (bicyclic) bond motifs is 2. The van der Waals surface area contributed by atoms with Crippen LogP contribution in [-0.2, 0) is 0 Å².